The number of esters is 1. The molecule has 0 amide bonds. The van der Waals surface area contributed by atoms with E-state index in [-0.39, 0.29) is 30.8 Å². The van der Waals surface area contributed by atoms with E-state index in [1.54, 1.807) is 0 Å². The van der Waals surface area contributed by atoms with Crippen molar-refractivity contribution < 1.29 is 9.53 Å². The summed E-state index contributed by atoms with van der Waals surface area (Å²) in [6.07, 6.45) is 0. The van der Waals surface area contributed by atoms with Gasteiger partial charge in [0.25, 0.3) is 0 Å². The summed E-state index contributed by atoms with van der Waals surface area (Å²) in [4.78, 5) is 15.9. The van der Waals surface area contributed by atoms with Gasteiger partial charge in [0.2, 0.25) is 0 Å². The van der Waals surface area contributed by atoms with Crippen LogP contribution in [0.2, 0.25) is 0 Å². The van der Waals surface area contributed by atoms with Crippen molar-refractivity contribution in [2.75, 3.05) is 45.9 Å². The monoisotopic (exact) mass is 300 g/mol. The van der Waals surface area contributed by atoms with Crippen LogP contribution < -0.4 is 0 Å². The molecule has 0 unspecified atom stereocenters. The average molecular weight is 301 g/mol. The summed E-state index contributed by atoms with van der Waals surface area (Å²) in [6.45, 7) is 12.5. The van der Waals surface area contributed by atoms with E-state index in [0.717, 1.165) is 38.6 Å². The first-order chi connectivity index (χ1) is 7.61. The van der Waals surface area contributed by atoms with E-state index >= 15 is 0 Å². The van der Waals surface area contributed by atoms with Crippen molar-refractivity contribution in [3.63, 3.8) is 0 Å². The fraction of sp³-hybridized carbons (Fsp3) is 0.917. The van der Waals surface area contributed by atoms with E-state index in [0.29, 0.717) is 13.2 Å². The minimum atomic E-state index is -0.0974. The average Bonchev–Trinajstić information content (AvgIpc) is 2.20. The maximum Gasteiger partial charge on any atom is 0.320 e. The second-order valence-corrected chi connectivity index (χ2v) is 4.78. The van der Waals surface area contributed by atoms with Crippen LogP contribution in [0.15, 0.2) is 0 Å². The van der Waals surface area contributed by atoms with Gasteiger partial charge < -0.3 is 9.64 Å². The molecular weight excluding hydrogens is 275 g/mol. The number of hydrogen-bond donors (Lipinski definition) is 0. The third-order valence-electron chi connectivity index (χ3n) is 2.75. The second kappa shape index (κ2) is 10.9. The van der Waals surface area contributed by atoms with Crippen molar-refractivity contribution in [1.82, 2.24) is 9.80 Å². The van der Waals surface area contributed by atoms with Crippen LogP contribution in [0.25, 0.3) is 0 Å². The lowest BCUT2D eigenvalue weighted by Gasteiger charge is -2.34. The molecule has 0 radical (unpaired) electrons. The molecule has 4 nitrogen and oxygen atoms in total. The first-order valence-electron chi connectivity index (χ1n) is 6.22. The van der Waals surface area contributed by atoms with E-state index in [9.17, 15) is 4.79 Å². The van der Waals surface area contributed by atoms with Crippen LogP contribution >= 0.6 is 24.8 Å². The number of ether oxygens (including phenoxy) is 1. The standard InChI is InChI=1S/C12H24N2O2.2ClH/c1-4-16-12(15)10-14-7-5-13(6-8-14)9-11(2)3;;/h11H,4-10H2,1-3H3;2*1H. The number of carbonyl (C=O) groups is 1. The molecule has 0 spiro atoms. The fourth-order valence-electron chi connectivity index (χ4n) is 2.04. The molecule has 1 aliphatic heterocycles. The van der Waals surface area contributed by atoms with Crippen LogP contribution in [-0.2, 0) is 9.53 Å². The lowest BCUT2D eigenvalue weighted by Crippen LogP contribution is -2.48. The van der Waals surface area contributed by atoms with Crippen molar-refractivity contribution in [2.45, 2.75) is 20.8 Å². The molecule has 6 heteroatoms. The Kier molecular flexibility index (Phi) is 12.2. The minimum absolute atomic E-state index is 0. The molecule has 0 aromatic heterocycles. The molecule has 0 saturated carbocycles. The molecule has 0 atom stereocenters. The van der Waals surface area contributed by atoms with Gasteiger partial charge in [0.1, 0.15) is 0 Å². The molecule has 0 aliphatic carbocycles. The van der Waals surface area contributed by atoms with E-state index in [4.69, 9.17) is 4.74 Å². The third kappa shape index (κ3) is 8.14. The zero-order valence-corrected chi connectivity index (χ0v) is 13.2. The van der Waals surface area contributed by atoms with Gasteiger partial charge in [-0.2, -0.15) is 0 Å². The smallest absolute Gasteiger partial charge is 0.320 e. The molecule has 0 N–H and O–H groups in total. The molecule has 110 valence electrons. The zero-order chi connectivity index (χ0) is 12.0. The maximum absolute atomic E-state index is 11.3. The third-order valence-corrected chi connectivity index (χ3v) is 2.75. The van der Waals surface area contributed by atoms with Gasteiger partial charge in [0.15, 0.2) is 0 Å². The number of nitrogens with zero attached hydrogens (tertiary/aromatic N) is 2. The zero-order valence-electron chi connectivity index (χ0n) is 11.6. The number of piperazine rings is 1. The van der Waals surface area contributed by atoms with E-state index in [1.165, 1.54) is 0 Å². The van der Waals surface area contributed by atoms with E-state index in [1.807, 2.05) is 6.92 Å². The number of carbonyl (C=O) groups excluding carboxylic acids is 1. The van der Waals surface area contributed by atoms with E-state index in [2.05, 4.69) is 23.6 Å². The fourth-order valence-corrected chi connectivity index (χ4v) is 2.04. The number of halogens is 2. The summed E-state index contributed by atoms with van der Waals surface area (Å²) in [5, 5.41) is 0. The van der Waals surface area contributed by atoms with Crippen LogP contribution in [0.5, 0.6) is 0 Å². The predicted molar refractivity (Wildman–Crippen MR) is 78.8 cm³/mol. The molecule has 1 aliphatic rings. The Bertz CT molecular complexity index is 220. The van der Waals surface area contributed by atoms with Crippen LogP contribution in [0, 0.1) is 5.92 Å². The van der Waals surface area contributed by atoms with Crippen molar-refractivity contribution in [3.05, 3.63) is 0 Å². The molecule has 1 fully saturated rings. The Morgan fingerprint density at radius 2 is 1.61 bits per heavy atom. The summed E-state index contributed by atoms with van der Waals surface area (Å²) in [5.74, 6) is 0.622. The highest BCUT2D eigenvalue weighted by molar-refractivity contribution is 5.85. The highest BCUT2D eigenvalue weighted by Crippen LogP contribution is 2.05. The van der Waals surface area contributed by atoms with Gasteiger partial charge in [0, 0.05) is 32.7 Å². The van der Waals surface area contributed by atoms with Gasteiger partial charge >= 0.3 is 5.97 Å². The summed E-state index contributed by atoms with van der Waals surface area (Å²) in [6, 6.07) is 0. The summed E-state index contributed by atoms with van der Waals surface area (Å²) < 4.78 is 4.94. The normalized spacial score (nSPS) is 16.9. The van der Waals surface area contributed by atoms with Crippen LogP contribution in [0.4, 0.5) is 0 Å². The van der Waals surface area contributed by atoms with Crippen LogP contribution in [0.3, 0.4) is 0 Å². The van der Waals surface area contributed by atoms with Gasteiger partial charge in [0.05, 0.1) is 13.2 Å². The molecule has 0 aromatic carbocycles. The summed E-state index contributed by atoms with van der Waals surface area (Å²) >= 11 is 0. The Hall–Kier alpha value is -0.0300. The number of hydrogen-bond acceptors (Lipinski definition) is 4. The Balaban J connectivity index is 0. The quantitative estimate of drug-likeness (QED) is 0.723. The topological polar surface area (TPSA) is 32.8 Å². The molecule has 0 aromatic rings. The van der Waals surface area contributed by atoms with Gasteiger partial charge in [-0.15, -0.1) is 24.8 Å². The lowest BCUT2D eigenvalue weighted by molar-refractivity contribution is -0.144. The van der Waals surface area contributed by atoms with E-state index < -0.39 is 0 Å². The van der Waals surface area contributed by atoms with Gasteiger partial charge in [-0.25, -0.2) is 0 Å². The van der Waals surface area contributed by atoms with Crippen LogP contribution in [-0.4, -0.2) is 61.6 Å². The van der Waals surface area contributed by atoms with Crippen molar-refractivity contribution in [2.24, 2.45) is 5.92 Å². The van der Waals surface area contributed by atoms with Crippen molar-refractivity contribution in [1.29, 1.82) is 0 Å². The molecule has 18 heavy (non-hydrogen) atoms. The van der Waals surface area contributed by atoms with Crippen LogP contribution in [0.1, 0.15) is 20.8 Å². The molecule has 0 bridgehead atoms. The van der Waals surface area contributed by atoms with Crippen molar-refractivity contribution >= 4 is 30.8 Å². The number of rotatable bonds is 5. The lowest BCUT2D eigenvalue weighted by atomic mass is 10.2. The SMILES string of the molecule is CCOC(=O)CN1CCN(CC(C)C)CC1.Cl.Cl. The minimum Gasteiger partial charge on any atom is -0.465 e. The highest BCUT2D eigenvalue weighted by atomic mass is 35.5. The Labute approximate surface area is 123 Å². The molecule has 1 rings (SSSR count). The summed E-state index contributed by atoms with van der Waals surface area (Å²) in [5.41, 5.74) is 0. The molecule has 1 saturated heterocycles. The van der Waals surface area contributed by atoms with Crippen molar-refractivity contribution in [3.8, 4) is 0 Å². The van der Waals surface area contributed by atoms with Gasteiger partial charge in [-0.05, 0) is 12.8 Å². The van der Waals surface area contributed by atoms with Gasteiger partial charge in [-0.1, -0.05) is 13.8 Å². The Morgan fingerprint density at radius 1 is 1.11 bits per heavy atom. The second-order valence-electron chi connectivity index (χ2n) is 4.78. The molecule has 1 heterocycles. The van der Waals surface area contributed by atoms with Gasteiger partial charge in [-0.3, -0.25) is 9.69 Å². The summed E-state index contributed by atoms with van der Waals surface area (Å²) in [7, 11) is 0. The highest BCUT2D eigenvalue weighted by Gasteiger charge is 2.19. The first-order valence-corrected chi connectivity index (χ1v) is 6.22. The predicted octanol–water partition coefficient (Wildman–Crippen LogP) is 1.67. The molecular formula is C12H26Cl2N2O2. The largest absolute Gasteiger partial charge is 0.465 e. The maximum atomic E-state index is 11.3. The Morgan fingerprint density at radius 3 is 2.06 bits per heavy atom. The first kappa shape index (κ1) is 20.3.